The minimum Gasteiger partial charge on any atom is -0.286 e. The molecule has 0 spiro atoms. The van der Waals surface area contributed by atoms with Crippen molar-refractivity contribution >= 4 is 22.9 Å². The van der Waals surface area contributed by atoms with E-state index in [-0.39, 0.29) is 0 Å². The van der Waals surface area contributed by atoms with Crippen molar-refractivity contribution in [3.63, 3.8) is 0 Å². The third-order valence-electron chi connectivity index (χ3n) is 0.362. The predicted octanol–water partition coefficient (Wildman–Crippen LogP) is 0.335. The van der Waals surface area contributed by atoms with E-state index in [1.54, 1.807) is 0 Å². The molecule has 0 radical (unpaired) electrons. The van der Waals surface area contributed by atoms with Crippen molar-refractivity contribution in [3.05, 3.63) is 0 Å². The maximum absolute atomic E-state index is 9.19. The van der Waals surface area contributed by atoms with E-state index in [9.17, 15) is 8.42 Å². The Morgan fingerprint density at radius 3 is 1.90 bits per heavy atom. The third-order valence-corrected chi connectivity index (χ3v) is 0.585. The molecule has 10 heavy (non-hydrogen) atoms. The average molecular weight is 187 g/mol. The van der Waals surface area contributed by atoms with Gasteiger partial charge in [0.1, 0.15) is 0 Å². The van der Waals surface area contributed by atoms with Crippen LogP contribution in [0.4, 0.5) is 0 Å². The second kappa shape index (κ2) is 7.33. The Labute approximate surface area is 67.3 Å². The van der Waals surface area contributed by atoms with Gasteiger partial charge in [-0.25, -0.2) is 0 Å². The van der Waals surface area contributed by atoms with Crippen LogP contribution >= 0.6 is 12.8 Å². The predicted molar refractivity (Wildman–Crippen MR) is 44.8 cm³/mol. The van der Waals surface area contributed by atoms with Crippen LogP contribution in [0.15, 0.2) is 0 Å². The van der Waals surface area contributed by atoms with Gasteiger partial charge in [0.2, 0.25) is 0 Å². The van der Waals surface area contributed by atoms with Gasteiger partial charge in [0, 0.05) is 6.54 Å². The standard InChI is InChI=1S/C3H9NS.CH4O3S/c1-2-3-4-5;1-5(2,3)4/h4-5H,2-3H2,1H3;1H3,(H,2,3,4). The highest BCUT2D eigenvalue weighted by atomic mass is 32.2. The van der Waals surface area contributed by atoms with Crippen molar-refractivity contribution in [2.75, 3.05) is 12.8 Å². The molecule has 0 saturated carbocycles. The Hall–Kier alpha value is 0.220. The number of nitrogens with one attached hydrogen (secondary N) is 1. The van der Waals surface area contributed by atoms with Gasteiger partial charge in [0.25, 0.3) is 10.1 Å². The molecule has 0 rings (SSSR count). The summed E-state index contributed by atoms with van der Waals surface area (Å²) in [6, 6.07) is 0. The van der Waals surface area contributed by atoms with Crippen molar-refractivity contribution in [1.82, 2.24) is 4.72 Å². The molecule has 6 heteroatoms. The van der Waals surface area contributed by atoms with Crippen molar-refractivity contribution in [2.24, 2.45) is 0 Å². The first kappa shape index (κ1) is 12.9. The molecule has 4 nitrogen and oxygen atoms in total. The van der Waals surface area contributed by atoms with Gasteiger partial charge in [-0.3, -0.25) is 9.27 Å². The van der Waals surface area contributed by atoms with Crippen LogP contribution in [0.25, 0.3) is 0 Å². The monoisotopic (exact) mass is 187 g/mol. The first-order valence-corrected chi connectivity index (χ1v) is 5.00. The average Bonchev–Trinajstić information content (AvgIpc) is 1.63. The SMILES string of the molecule is CCCNS.CS(=O)(=O)O. The maximum atomic E-state index is 9.19. The fraction of sp³-hybridized carbons (Fsp3) is 1.00. The first-order chi connectivity index (χ1) is 4.41. The Morgan fingerprint density at radius 2 is 1.90 bits per heavy atom. The molecule has 2 N–H and O–H groups in total. The summed E-state index contributed by atoms with van der Waals surface area (Å²) in [4.78, 5) is 0. The summed E-state index contributed by atoms with van der Waals surface area (Å²) < 4.78 is 28.6. The highest BCUT2D eigenvalue weighted by molar-refractivity contribution is 7.85. The van der Waals surface area contributed by atoms with E-state index in [0.717, 1.165) is 13.0 Å². The lowest BCUT2D eigenvalue weighted by Gasteiger charge is -1.83. The van der Waals surface area contributed by atoms with Gasteiger partial charge in [-0.05, 0) is 6.42 Å². The minimum atomic E-state index is -3.67. The van der Waals surface area contributed by atoms with Crippen molar-refractivity contribution < 1.29 is 13.0 Å². The molecule has 0 bridgehead atoms. The molecule has 0 atom stereocenters. The van der Waals surface area contributed by atoms with Crippen LogP contribution in [-0.2, 0) is 10.1 Å². The maximum Gasteiger partial charge on any atom is 0.261 e. The lowest BCUT2D eigenvalue weighted by Crippen LogP contribution is -1.96. The van der Waals surface area contributed by atoms with E-state index >= 15 is 0 Å². The zero-order valence-electron chi connectivity index (χ0n) is 6.03. The molecule has 0 amide bonds. The van der Waals surface area contributed by atoms with Crippen LogP contribution in [0.3, 0.4) is 0 Å². The molecule has 0 heterocycles. The van der Waals surface area contributed by atoms with Gasteiger partial charge in [0.15, 0.2) is 0 Å². The lowest BCUT2D eigenvalue weighted by atomic mass is 10.5. The van der Waals surface area contributed by atoms with Gasteiger partial charge in [-0.15, -0.1) is 0 Å². The van der Waals surface area contributed by atoms with E-state index in [4.69, 9.17) is 4.55 Å². The Balaban J connectivity index is 0. The van der Waals surface area contributed by atoms with Gasteiger partial charge in [0.05, 0.1) is 6.26 Å². The summed E-state index contributed by atoms with van der Waals surface area (Å²) >= 11 is 3.75. The Morgan fingerprint density at radius 1 is 1.60 bits per heavy atom. The smallest absolute Gasteiger partial charge is 0.261 e. The van der Waals surface area contributed by atoms with Gasteiger partial charge in [-0.2, -0.15) is 8.42 Å². The second-order valence-corrected chi connectivity index (χ2v) is 3.42. The number of hydrogen-bond acceptors (Lipinski definition) is 4. The summed E-state index contributed by atoms with van der Waals surface area (Å²) in [5.41, 5.74) is 0. The zero-order chi connectivity index (χ0) is 8.62. The number of hydrogen-bond donors (Lipinski definition) is 3. The van der Waals surface area contributed by atoms with Crippen LogP contribution in [0.1, 0.15) is 13.3 Å². The van der Waals surface area contributed by atoms with E-state index < -0.39 is 10.1 Å². The van der Waals surface area contributed by atoms with Crippen molar-refractivity contribution in [2.45, 2.75) is 13.3 Å². The molecule has 0 saturated heterocycles. The van der Waals surface area contributed by atoms with Crippen molar-refractivity contribution in [3.8, 4) is 0 Å². The van der Waals surface area contributed by atoms with Gasteiger partial charge < -0.3 is 0 Å². The third kappa shape index (κ3) is 86.9. The van der Waals surface area contributed by atoms with Crippen LogP contribution in [-0.4, -0.2) is 25.8 Å². The Kier molecular flexibility index (Phi) is 9.42. The summed E-state index contributed by atoms with van der Waals surface area (Å²) in [7, 11) is -3.67. The quantitative estimate of drug-likeness (QED) is 0.430. The second-order valence-electron chi connectivity index (χ2n) is 1.64. The highest BCUT2D eigenvalue weighted by Crippen LogP contribution is 1.67. The summed E-state index contributed by atoms with van der Waals surface area (Å²) in [5, 5.41) is 0. The van der Waals surface area contributed by atoms with Gasteiger partial charge in [-0.1, -0.05) is 19.7 Å². The molecule has 0 aromatic heterocycles. The van der Waals surface area contributed by atoms with Crippen LogP contribution in [0.5, 0.6) is 0 Å². The fourth-order valence-corrected chi connectivity index (χ4v) is 0.335. The molecule has 0 fully saturated rings. The molecule has 0 aromatic rings. The minimum absolute atomic E-state index is 0.715. The van der Waals surface area contributed by atoms with E-state index in [0.29, 0.717) is 6.26 Å². The lowest BCUT2D eigenvalue weighted by molar-refractivity contribution is 0.490. The highest BCUT2D eigenvalue weighted by Gasteiger charge is 1.81. The molecular formula is C4H13NO3S2. The summed E-state index contributed by atoms with van der Waals surface area (Å²) in [6.07, 6.45) is 1.87. The largest absolute Gasteiger partial charge is 0.286 e. The molecule has 0 aromatic carbocycles. The molecule has 0 unspecified atom stereocenters. The van der Waals surface area contributed by atoms with Crippen LogP contribution < -0.4 is 4.72 Å². The molecule has 0 aliphatic heterocycles. The topological polar surface area (TPSA) is 66.4 Å². The van der Waals surface area contributed by atoms with E-state index in [2.05, 4.69) is 24.5 Å². The van der Waals surface area contributed by atoms with Crippen molar-refractivity contribution in [1.29, 1.82) is 0 Å². The van der Waals surface area contributed by atoms with E-state index in [1.165, 1.54) is 0 Å². The zero-order valence-corrected chi connectivity index (χ0v) is 7.74. The van der Waals surface area contributed by atoms with Crippen LogP contribution in [0, 0.1) is 0 Å². The summed E-state index contributed by atoms with van der Waals surface area (Å²) in [6.45, 7) is 3.10. The summed E-state index contributed by atoms with van der Waals surface area (Å²) in [5.74, 6) is 0. The van der Waals surface area contributed by atoms with Gasteiger partial charge >= 0.3 is 0 Å². The molecule has 0 aliphatic carbocycles. The molecule has 64 valence electrons. The van der Waals surface area contributed by atoms with Crippen LogP contribution in [0.2, 0.25) is 0 Å². The normalized spacial score (nSPS) is 10.0. The molecule has 0 aliphatic rings. The number of rotatable bonds is 2. The molecular weight excluding hydrogens is 174 g/mol. The Bertz CT molecular complexity index is 133. The number of thiol groups is 1. The van der Waals surface area contributed by atoms with E-state index in [1.807, 2.05) is 0 Å². The fourth-order valence-electron chi connectivity index (χ4n) is 0.112. The first-order valence-electron chi connectivity index (χ1n) is 2.71.